The zero-order valence-electron chi connectivity index (χ0n) is 12.1. The summed E-state index contributed by atoms with van der Waals surface area (Å²) in [5.41, 5.74) is 0. The number of aromatic nitrogens is 2. The predicted molar refractivity (Wildman–Crippen MR) is 77.5 cm³/mol. The molecule has 0 aliphatic carbocycles. The van der Waals surface area contributed by atoms with Crippen molar-refractivity contribution in [1.82, 2.24) is 10.2 Å². The average Bonchev–Trinajstić information content (AvgIpc) is 2.47. The number of amides is 1. The molecule has 6 nitrogen and oxygen atoms in total. The average molecular weight is 278 g/mol. The van der Waals surface area contributed by atoms with Crippen LogP contribution in [0.5, 0.6) is 0 Å². The summed E-state index contributed by atoms with van der Waals surface area (Å²) in [4.78, 5) is 12.0. The van der Waals surface area contributed by atoms with Crippen molar-refractivity contribution in [2.75, 3.05) is 30.4 Å². The molecule has 2 rings (SSSR count). The molecular weight excluding hydrogens is 256 g/mol. The van der Waals surface area contributed by atoms with E-state index in [1.54, 1.807) is 6.07 Å². The van der Waals surface area contributed by atoms with Crippen LogP contribution in [0.25, 0.3) is 0 Å². The maximum atomic E-state index is 12.0. The minimum atomic E-state index is 0.00508. The molecule has 1 aliphatic rings. The third-order valence-corrected chi connectivity index (χ3v) is 3.20. The van der Waals surface area contributed by atoms with Crippen LogP contribution in [0.3, 0.4) is 0 Å². The van der Waals surface area contributed by atoms with Crippen molar-refractivity contribution in [1.29, 1.82) is 0 Å². The molecule has 0 unspecified atom stereocenters. The van der Waals surface area contributed by atoms with Gasteiger partial charge in [0.2, 0.25) is 5.91 Å². The molecule has 0 radical (unpaired) electrons. The number of nitrogens with zero attached hydrogens (tertiary/aromatic N) is 2. The molecule has 1 fully saturated rings. The summed E-state index contributed by atoms with van der Waals surface area (Å²) in [7, 11) is 0. The largest absolute Gasteiger partial charge is 0.381 e. The molecule has 1 saturated heterocycles. The second-order valence-electron chi connectivity index (χ2n) is 5.45. The zero-order valence-corrected chi connectivity index (χ0v) is 12.1. The molecule has 1 amide bonds. The summed E-state index contributed by atoms with van der Waals surface area (Å²) in [6, 6.07) is 3.60. The molecule has 0 spiro atoms. The van der Waals surface area contributed by atoms with Crippen molar-refractivity contribution in [2.45, 2.75) is 26.7 Å². The number of carbonyl (C=O) groups excluding carboxylic acids is 1. The van der Waals surface area contributed by atoms with Crippen LogP contribution in [0.2, 0.25) is 0 Å². The Morgan fingerprint density at radius 3 is 2.55 bits per heavy atom. The fraction of sp³-hybridized carbons (Fsp3) is 0.643. The van der Waals surface area contributed by atoms with E-state index < -0.39 is 0 Å². The summed E-state index contributed by atoms with van der Waals surface area (Å²) in [5, 5.41) is 14.1. The van der Waals surface area contributed by atoms with Gasteiger partial charge >= 0.3 is 0 Å². The van der Waals surface area contributed by atoms with E-state index in [1.807, 2.05) is 6.07 Å². The molecule has 2 heterocycles. The lowest BCUT2D eigenvalue weighted by atomic mass is 9.99. The quantitative estimate of drug-likeness (QED) is 0.860. The summed E-state index contributed by atoms with van der Waals surface area (Å²) in [6.45, 7) is 6.41. The number of ether oxygens (including phenoxy) is 1. The molecule has 110 valence electrons. The molecule has 2 N–H and O–H groups in total. The highest BCUT2D eigenvalue weighted by Gasteiger charge is 2.21. The van der Waals surface area contributed by atoms with Gasteiger partial charge in [0.15, 0.2) is 5.82 Å². The highest BCUT2D eigenvalue weighted by Crippen LogP contribution is 2.17. The van der Waals surface area contributed by atoms with Crippen molar-refractivity contribution >= 4 is 17.5 Å². The molecule has 0 saturated carbocycles. The maximum absolute atomic E-state index is 12.0. The van der Waals surface area contributed by atoms with E-state index in [4.69, 9.17) is 4.74 Å². The van der Waals surface area contributed by atoms with Gasteiger partial charge in [-0.3, -0.25) is 4.79 Å². The SMILES string of the molecule is CC(C)CNc1ccc(NC(=O)C2CCOCC2)nn1. The van der Waals surface area contributed by atoms with Crippen LogP contribution < -0.4 is 10.6 Å². The number of anilines is 2. The van der Waals surface area contributed by atoms with Gasteiger partial charge in [0.25, 0.3) is 0 Å². The number of carbonyl (C=O) groups is 1. The van der Waals surface area contributed by atoms with Crippen LogP contribution in [0, 0.1) is 11.8 Å². The molecule has 6 heteroatoms. The Hall–Kier alpha value is -1.69. The fourth-order valence-electron chi connectivity index (χ4n) is 1.99. The first kappa shape index (κ1) is 14.7. The van der Waals surface area contributed by atoms with Gasteiger partial charge in [-0.2, -0.15) is 0 Å². The van der Waals surface area contributed by atoms with Crippen LogP contribution in [0.4, 0.5) is 11.6 Å². The minimum absolute atomic E-state index is 0.00508. The molecule has 20 heavy (non-hydrogen) atoms. The summed E-state index contributed by atoms with van der Waals surface area (Å²) < 4.78 is 5.25. The van der Waals surface area contributed by atoms with E-state index in [0.29, 0.717) is 24.9 Å². The first-order valence-corrected chi connectivity index (χ1v) is 7.11. The predicted octanol–water partition coefficient (Wildman–Crippen LogP) is 1.91. The second-order valence-corrected chi connectivity index (χ2v) is 5.45. The zero-order chi connectivity index (χ0) is 14.4. The third-order valence-electron chi connectivity index (χ3n) is 3.20. The molecule has 1 aromatic rings. The Morgan fingerprint density at radius 2 is 1.95 bits per heavy atom. The van der Waals surface area contributed by atoms with Crippen LogP contribution in [-0.2, 0) is 9.53 Å². The monoisotopic (exact) mass is 278 g/mol. The van der Waals surface area contributed by atoms with Gasteiger partial charge in [-0.15, -0.1) is 10.2 Å². The lowest BCUT2D eigenvalue weighted by Gasteiger charge is -2.20. The van der Waals surface area contributed by atoms with Crippen molar-refractivity contribution in [3.05, 3.63) is 12.1 Å². The highest BCUT2D eigenvalue weighted by molar-refractivity contribution is 5.91. The van der Waals surface area contributed by atoms with Gasteiger partial charge in [-0.25, -0.2) is 0 Å². The van der Waals surface area contributed by atoms with Gasteiger partial charge in [0.1, 0.15) is 5.82 Å². The van der Waals surface area contributed by atoms with E-state index in [0.717, 1.165) is 25.2 Å². The number of hydrogen-bond acceptors (Lipinski definition) is 5. The van der Waals surface area contributed by atoms with Crippen molar-refractivity contribution in [2.24, 2.45) is 11.8 Å². The molecule has 0 aromatic carbocycles. The van der Waals surface area contributed by atoms with Crippen molar-refractivity contribution in [3.63, 3.8) is 0 Å². The Morgan fingerprint density at radius 1 is 1.30 bits per heavy atom. The Labute approximate surface area is 119 Å². The maximum Gasteiger partial charge on any atom is 0.228 e. The van der Waals surface area contributed by atoms with Crippen LogP contribution in [-0.4, -0.2) is 35.9 Å². The van der Waals surface area contributed by atoms with E-state index in [1.165, 1.54) is 0 Å². The first-order chi connectivity index (χ1) is 9.65. The number of hydrogen-bond donors (Lipinski definition) is 2. The van der Waals surface area contributed by atoms with Crippen LogP contribution >= 0.6 is 0 Å². The first-order valence-electron chi connectivity index (χ1n) is 7.11. The topological polar surface area (TPSA) is 76.1 Å². The standard InChI is InChI=1S/C14H22N4O2/c1-10(2)9-15-12-3-4-13(18-17-12)16-14(19)11-5-7-20-8-6-11/h3-4,10-11H,5-9H2,1-2H3,(H,15,17)(H,16,18,19). The number of nitrogens with one attached hydrogen (secondary N) is 2. The fourth-order valence-corrected chi connectivity index (χ4v) is 1.99. The normalized spacial score (nSPS) is 16.1. The van der Waals surface area contributed by atoms with E-state index >= 15 is 0 Å². The van der Waals surface area contributed by atoms with Crippen LogP contribution in [0.1, 0.15) is 26.7 Å². The van der Waals surface area contributed by atoms with Crippen molar-refractivity contribution < 1.29 is 9.53 Å². The number of rotatable bonds is 5. The Balaban J connectivity index is 1.84. The van der Waals surface area contributed by atoms with Crippen molar-refractivity contribution in [3.8, 4) is 0 Å². The Kier molecular flexibility index (Phi) is 5.29. The van der Waals surface area contributed by atoms with Gasteiger partial charge in [-0.05, 0) is 30.9 Å². The molecule has 0 atom stereocenters. The summed E-state index contributed by atoms with van der Waals surface area (Å²) in [6.07, 6.45) is 1.54. The van der Waals surface area contributed by atoms with E-state index in [9.17, 15) is 4.79 Å². The van der Waals surface area contributed by atoms with Gasteiger partial charge in [-0.1, -0.05) is 13.8 Å². The third kappa shape index (κ3) is 4.45. The second kappa shape index (κ2) is 7.19. The lowest BCUT2D eigenvalue weighted by Crippen LogP contribution is -2.28. The van der Waals surface area contributed by atoms with Gasteiger partial charge in [0.05, 0.1) is 0 Å². The van der Waals surface area contributed by atoms with E-state index in [-0.39, 0.29) is 11.8 Å². The lowest BCUT2D eigenvalue weighted by molar-refractivity contribution is -0.122. The molecular formula is C14H22N4O2. The van der Waals surface area contributed by atoms with Gasteiger partial charge in [0, 0.05) is 25.7 Å². The summed E-state index contributed by atoms with van der Waals surface area (Å²) >= 11 is 0. The minimum Gasteiger partial charge on any atom is -0.381 e. The van der Waals surface area contributed by atoms with Gasteiger partial charge < -0.3 is 15.4 Å². The Bertz CT molecular complexity index is 427. The smallest absolute Gasteiger partial charge is 0.228 e. The van der Waals surface area contributed by atoms with Crippen LogP contribution in [0.15, 0.2) is 12.1 Å². The molecule has 1 aromatic heterocycles. The summed E-state index contributed by atoms with van der Waals surface area (Å²) in [5.74, 6) is 1.79. The van der Waals surface area contributed by atoms with E-state index in [2.05, 4.69) is 34.7 Å². The molecule has 1 aliphatic heterocycles. The highest BCUT2D eigenvalue weighted by atomic mass is 16.5. The molecule has 0 bridgehead atoms.